The van der Waals surface area contributed by atoms with Crippen LogP contribution in [-0.4, -0.2) is 15.6 Å². The molecule has 2 atom stereocenters. The quantitative estimate of drug-likeness (QED) is 0.671. The monoisotopic (exact) mass is 317 g/mol. The SMILES string of the molecule is CC/C(C)=C1\Cn2c(cc3c(c2=O)COC(=O)C3(O)CC)C1C. The molecule has 3 rings (SSSR count). The molecule has 1 aromatic rings. The van der Waals surface area contributed by atoms with E-state index in [0.29, 0.717) is 17.7 Å². The number of carbonyl (C=O) groups is 1. The predicted molar refractivity (Wildman–Crippen MR) is 86.1 cm³/mol. The molecule has 0 saturated carbocycles. The van der Waals surface area contributed by atoms with Crippen LogP contribution in [0.25, 0.3) is 0 Å². The second-order valence-electron chi connectivity index (χ2n) is 6.52. The highest BCUT2D eigenvalue weighted by atomic mass is 16.6. The molecular weight excluding hydrogens is 294 g/mol. The van der Waals surface area contributed by atoms with E-state index in [9.17, 15) is 14.7 Å². The van der Waals surface area contributed by atoms with Crippen molar-refractivity contribution in [1.29, 1.82) is 0 Å². The largest absolute Gasteiger partial charge is 0.458 e. The Balaban J connectivity index is 2.25. The molecule has 2 aliphatic heterocycles. The maximum atomic E-state index is 12.9. The topological polar surface area (TPSA) is 68.5 Å². The summed E-state index contributed by atoms with van der Waals surface area (Å²) in [5, 5.41) is 10.7. The summed E-state index contributed by atoms with van der Waals surface area (Å²) in [7, 11) is 0. The number of cyclic esters (lactones) is 1. The van der Waals surface area contributed by atoms with Crippen LogP contribution in [0.1, 0.15) is 63.3 Å². The maximum absolute atomic E-state index is 12.9. The molecule has 0 spiro atoms. The van der Waals surface area contributed by atoms with Crippen molar-refractivity contribution < 1.29 is 14.6 Å². The third-order valence-electron chi connectivity index (χ3n) is 5.45. The highest BCUT2D eigenvalue weighted by molar-refractivity contribution is 5.83. The number of carbonyl (C=O) groups excluding carboxylic acids is 1. The van der Waals surface area contributed by atoms with Crippen molar-refractivity contribution in [2.45, 2.75) is 65.2 Å². The van der Waals surface area contributed by atoms with Crippen LogP contribution in [0.5, 0.6) is 0 Å². The zero-order valence-corrected chi connectivity index (χ0v) is 14.1. The molecule has 1 aromatic heterocycles. The van der Waals surface area contributed by atoms with Crippen molar-refractivity contribution in [1.82, 2.24) is 4.57 Å². The van der Waals surface area contributed by atoms with E-state index in [1.165, 1.54) is 11.1 Å². The Labute approximate surface area is 135 Å². The van der Waals surface area contributed by atoms with Gasteiger partial charge in [-0.1, -0.05) is 26.3 Å². The third-order valence-corrected chi connectivity index (χ3v) is 5.45. The minimum atomic E-state index is -1.71. The van der Waals surface area contributed by atoms with Gasteiger partial charge in [0.25, 0.3) is 5.56 Å². The number of nitrogens with zero attached hydrogens (tertiary/aromatic N) is 1. The van der Waals surface area contributed by atoms with Crippen LogP contribution in [0.15, 0.2) is 22.0 Å². The number of hydrogen-bond donors (Lipinski definition) is 1. The average molecular weight is 317 g/mol. The van der Waals surface area contributed by atoms with Crippen LogP contribution >= 0.6 is 0 Å². The Morgan fingerprint density at radius 2 is 2.13 bits per heavy atom. The molecule has 124 valence electrons. The van der Waals surface area contributed by atoms with E-state index < -0.39 is 11.6 Å². The highest BCUT2D eigenvalue weighted by Crippen LogP contribution is 2.39. The Hall–Kier alpha value is -1.88. The van der Waals surface area contributed by atoms with Crippen molar-refractivity contribution in [2.75, 3.05) is 0 Å². The lowest BCUT2D eigenvalue weighted by Gasteiger charge is -2.32. The van der Waals surface area contributed by atoms with Crippen LogP contribution in [0.3, 0.4) is 0 Å². The zero-order valence-electron chi connectivity index (χ0n) is 14.1. The number of aliphatic hydroxyl groups is 1. The Morgan fingerprint density at radius 1 is 1.43 bits per heavy atom. The van der Waals surface area contributed by atoms with Crippen LogP contribution in [0.2, 0.25) is 0 Å². The lowest BCUT2D eigenvalue weighted by atomic mass is 9.85. The Kier molecular flexibility index (Phi) is 3.71. The van der Waals surface area contributed by atoms with Crippen LogP contribution in [-0.2, 0) is 28.3 Å². The first-order valence-electron chi connectivity index (χ1n) is 8.20. The summed E-state index contributed by atoms with van der Waals surface area (Å²) in [6.07, 6.45) is 1.13. The molecule has 1 N–H and O–H groups in total. The van der Waals surface area contributed by atoms with Gasteiger partial charge < -0.3 is 14.4 Å². The van der Waals surface area contributed by atoms with E-state index in [0.717, 1.165) is 12.1 Å². The minimum Gasteiger partial charge on any atom is -0.458 e. The molecule has 2 aliphatic rings. The fourth-order valence-electron chi connectivity index (χ4n) is 3.66. The van der Waals surface area contributed by atoms with Gasteiger partial charge >= 0.3 is 5.97 Å². The number of rotatable bonds is 2. The Morgan fingerprint density at radius 3 is 2.74 bits per heavy atom. The summed E-state index contributed by atoms with van der Waals surface area (Å²) in [6.45, 7) is 8.52. The molecule has 5 heteroatoms. The van der Waals surface area contributed by atoms with Crippen molar-refractivity contribution in [2.24, 2.45) is 0 Å². The molecule has 0 bridgehead atoms. The smallest absolute Gasteiger partial charge is 0.343 e. The normalized spacial score (nSPS) is 28.2. The first-order chi connectivity index (χ1) is 10.8. The van der Waals surface area contributed by atoms with Gasteiger partial charge in [-0.25, -0.2) is 4.79 Å². The number of allylic oxidation sites excluding steroid dienone is 2. The van der Waals surface area contributed by atoms with Gasteiger partial charge in [0, 0.05) is 23.7 Å². The van der Waals surface area contributed by atoms with Gasteiger partial charge in [-0.15, -0.1) is 0 Å². The molecular formula is C18H23NO4. The van der Waals surface area contributed by atoms with Gasteiger partial charge in [0.2, 0.25) is 0 Å². The molecule has 3 heterocycles. The number of hydrogen-bond acceptors (Lipinski definition) is 4. The average Bonchev–Trinajstić information content (AvgIpc) is 2.88. The summed E-state index contributed by atoms with van der Waals surface area (Å²) in [6, 6.07) is 1.83. The summed E-state index contributed by atoms with van der Waals surface area (Å²) in [4.78, 5) is 24.9. The molecule has 23 heavy (non-hydrogen) atoms. The molecule has 2 unspecified atom stereocenters. The van der Waals surface area contributed by atoms with E-state index in [1.54, 1.807) is 11.5 Å². The summed E-state index contributed by atoms with van der Waals surface area (Å²) in [5.41, 5.74) is 2.38. The van der Waals surface area contributed by atoms with Gasteiger partial charge in [-0.3, -0.25) is 4.79 Å². The Bertz CT molecular complexity index is 774. The van der Waals surface area contributed by atoms with E-state index in [-0.39, 0.29) is 24.5 Å². The number of ether oxygens (including phenoxy) is 1. The van der Waals surface area contributed by atoms with Crippen molar-refractivity contribution in [3.05, 3.63) is 44.4 Å². The van der Waals surface area contributed by atoms with E-state index in [1.807, 2.05) is 6.07 Å². The van der Waals surface area contributed by atoms with Gasteiger partial charge in [0.1, 0.15) is 6.61 Å². The molecule has 5 nitrogen and oxygen atoms in total. The van der Waals surface area contributed by atoms with Crippen LogP contribution in [0, 0.1) is 0 Å². The fourth-order valence-corrected chi connectivity index (χ4v) is 3.66. The molecule has 0 aromatic carbocycles. The second-order valence-corrected chi connectivity index (χ2v) is 6.52. The third kappa shape index (κ3) is 2.10. The predicted octanol–water partition coefficient (Wildman–Crippen LogP) is 2.35. The highest BCUT2D eigenvalue weighted by Gasteiger charge is 2.45. The second kappa shape index (κ2) is 5.34. The minimum absolute atomic E-state index is 0.0597. The van der Waals surface area contributed by atoms with E-state index in [4.69, 9.17) is 4.74 Å². The van der Waals surface area contributed by atoms with Gasteiger partial charge in [-0.2, -0.15) is 0 Å². The zero-order chi connectivity index (χ0) is 16.9. The van der Waals surface area contributed by atoms with E-state index in [2.05, 4.69) is 20.8 Å². The molecule has 0 saturated heterocycles. The lowest BCUT2D eigenvalue weighted by Crippen LogP contribution is -2.44. The molecule has 0 radical (unpaired) electrons. The summed E-state index contributed by atoms with van der Waals surface area (Å²) in [5.74, 6) is -0.546. The number of esters is 1. The van der Waals surface area contributed by atoms with Gasteiger partial charge in [0.05, 0.1) is 5.56 Å². The number of fused-ring (bicyclic) bond motifs is 2. The fraction of sp³-hybridized carbons (Fsp3) is 0.556. The molecule has 0 aliphatic carbocycles. The van der Waals surface area contributed by atoms with Gasteiger partial charge in [-0.05, 0) is 31.4 Å². The van der Waals surface area contributed by atoms with Gasteiger partial charge in [0.15, 0.2) is 5.60 Å². The summed E-state index contributed by atoms with van der Waals surface area (Å²) >= 11 is 0. The maximum Gasteiger partial charge on any atom is 0.343 e. The van der Waals surface area contributed by atoms with Crippen molar-refractivity contribution in [3.63, 3.8) is 0 Å². The summed E-state index contributed by atoms with van der Waals surface area (Å²) < 4.78 is 6.82. The first-order valence-corrected chi connectivity index (χ1v) is 8.20. The first kappa shape index (κ1) is 16.0. The molecule has 0 amide bonds. The van der Waals surface area contributed by atoms with Crippen molar-refractivity contribution >= 4 is 5.97 Å². The standard InChI is InChI=1S/C18H23NO4/c1-5-10(3)12-8-19-15(11(12)4)7-14-13(16(19)20)9-23-17(21)18(14,22)6-2/h7,11,22H,5-6,8-9H2,1-4H3/b12-10+. The number of pyridine rings is 1. The van der Waals surface area contributed by atoms with E-state index >= 15 is 0 Å². The van der Waals surface area contributed by atoms with Crippen LogP contribution < -0.4 is 5.56 Å². The molecule has 0 fully saturated rings. The van der Waals surface area contributed by atoms with Crippen LogP contribution in [0.4, 0.5) is 0 Å². The lowest BCUT2D eigenvalue weighted by molar-refractivity contribution is -0.172. The van der Waals surface area contributed by atoms with Crippen molar-refractivity contribution in [3.8, 4) is 0 Å². The number of aromatic nitrogens is 1.